The SMILES string of the molecule is CCOc1ccc(C2=C(SCc3ccco3)C(=O)N(C)C2=O)cc1. The van der Waals surface area contributed by atoms with Gasteiger partial charge in [0.15, 0.2) is 0 Å². The Labute approximate surface area is 144 Å². The maximum Gasteiger partial charge on any atom is 0.267 e. The molecule has 5 nitrogen and oxygen atoms in total. The highest BCUT2D eigenvalue weighted by atomic mass is 32.2. The predicted molar refractivity (Wildman–Crippen MR) is 92.3 cm³/mol. The van der Waals surface area contributed by atoms with Crippen LogP contribution in [-0.4, -0.2) is 30.4 Å². The molecule has 0 bridgehead atoms. The third kappa shape index (κ3) is 3.10. The number of likely N-dealkylation sites (N-methyl/N-ethyl adjacent to an activating group) is 1. The number of benzene rings is 1. The summed E-state index contributed by atoms with van der Waals surface area (Å²) in [6.07, 6.45) is 1.59. The van der Waals surface area contributed by atoms with Crippen LogP contribution in [0.3, 0.4) is 0 Å². The minimum Gasteiger partial charge on any atom is -0.494 e. The van der Waals surface area contributed by atoms with Crippen LogP contribution in [0.1, 0.15) is 18.2 Å². The normalized spacial score (nSPS) is 14.7. The highest BCUT2D eigenvalue weighted by Crippen LogP contribution is 2.37. The van der Waals surface area contributed by atoms with E-state index in [9.17, 15) is 9.59 Å². The summed E-state index contributed by atoms with van der Waals surface area (Å²) in [7, 11) is 1.50. The molecular formula is C18H17NO4S. The molecule has 0 radical (unpaired) electrons. The number of carbonyl (C=O) groups is 2. The lowest BCUT2D eigenvalue weighted by molar-refractivity contribution is -0.134. The summed E-state index contributed by atoms with van der Waals surface area (Å²) in [4.78, 5) is 26.5. The molecule has 0 atom stereocenters. The first-order valence-corrected chi connectivity index (χ1v) is 8.55. The van der Waals surface area contributed by atoms with Crippen molar-refractivity contribution in [3.05, 3.63) is 58.9 Å². The van der Waals surface area contributed by atoms with Crippen LogP contribution in [-0.2, 0) is 15.3 Å². The van der Waals surface area contributed by atoms with Crippen molar-refractivity contribution < 1.29 is 18.7 Å². The van der Waals surface area contributed by atoms with Gasteiger partial charge >= 0.3 is 0 Å². The van der Waals surface area contributed by atoms with Crippen LogP contribution in [0.4, 0.5) is 0 Å². The standard InChI is InChI=1S/C18H17NO4S/c1-3-22-13-8-6-12(7-9-13)15-16(18(21)19(2)17(15)20)24-11-14-5-4-10-23-14/h4-10H,3,11H2,1-2H3. The first kappa shape index (κ1) is 16.4. The van der Waals surface area contributed by atoms with Gasteiger partial charge in [-0.05, 0) is 36.8 Å². The van der Waals surface area contributed by atoms with Crippen LogP contribution in [0.25, 0.3) is 5.57 Å². The summed E-state index contributed by atoms with van der Waals surface area (Å²) in [5.74, 6) is 1.42. The van der Waals surface area contributed by atoms with E-state index < -0.39 is 0 Å². The number of carbonyl (C=O) groups excluding carboxylic acids is 2. The molecule has 24 heavy (non-hydrogen) atoms. The van der Waals surface area contributed by atoms with Gasteiger partial charge in [0.2, 0.25) is 0 Å². The molecule has 0 fully saturated rings. The molecule has 1 aromatic carbocycles. The van der Waals surface area contributed by atoms with E-state index in [2.05, 4.69) is 0 Å². The molecule has 0 saturated carbocycles. The van der Waals surface area contributed by atoms with E-state index in [1.807, 2.05) is 13.0 Å². The van der Waals surface area contributed by atoms with Gasteiger partial charge in [-0.1, -0.05) is 12.1 Å². The second-order valence-corrected chi connectivity index (χ2v) is 6.18. The molecule has 1 aliphatic heterocycles. The molecule has 0 N–H and O–H groups in total. The van der Waals surface area contributed by atoms with Gasteiger partial charge in [-0.15, -0.1) is 11.8 Å². The Balaban J connectivity index is 1.92. The number of hydrogen-bond donors (Lipinski definition) is 0. The smallest absolute Gasteiger partial charge is 0.267 e. The molecule has 0 spiro atoms. The highest BCUT2D eigenvalue weighted by Gasteiger charge is 2.36. The average molecular weight is 343 g/mol. The third-order valence-electron chi connectivity index (χ3n) is 3.64. The van der Waals surface area contributed by atoms with E-state index in [4.69, 9.17) is 9.15 Å². The fourth-order valence-electron chi connectivity index (χ4n) is 2.43. The number of imide groups is 1. The molecular weight excluding hydrogens is 326 g/mol. The van der Waals surface area contributed by atoms with Gasteiger partial charge in [-0.25, -0.2) is 0 Å². The van der Waals surface area contributed by atoms with Crippen LogP contribution in [0.15, 0.2) is 52.0 Å². The monoisotopic (exact) mass is 343 g/mol. The Bertz CT molecular complexity index is 778. The van der Waals surface area contributed by atoms with Gasteiger partial charge in [0.25, 0.3) is 11.8 Å². The molecule has 0 saturated heterocycles. The van der Waals surface area contributed by atoms with Crippen LogP contribution in [0.2, 0.25) is 0 Å². The third-order valence-corrected chi connectivity index (χ3v) is 4.73. The molecule has 2 amide bonds. The molecule has 1 aliphatic rings. The molecule has 124 valence electrons. The van der Waals surface area contributed by atoms with Crippen LogP contribution in [0.5, 0.6) is 5.75 Å². The van der Waals surface area contributed by atoms with Crippen LogP contribution >= 0.6 is 11.8 Å². The fraction of sp³-hybridized carbons (Fsp3) is 0.222. The lowest BCUT2D eigenvalue weighted by atomic mass is 10.1. The largest absolute Gasteiger partial charge is 0.494 e. The zero-order valence-electron chi connectivity index (χ0n) is 13.4. The molecule has 1 aromatic heterocycles. The molecule has 6 heteroatoms. The zero-order chi connectivity index (χ0) is 17.1. The van der Waals surface area contributed by atoms with E-state index in [0.717, 1.165) is 16.4 Å². The highest BCUT2D eigenvalue weighted by molar-refractivity contribution is 8.03. The number of ether oxygens (including phenoxy) is 1. The topological polar surface area (TPSA) is 59.8 Å². The number of nitrogens with zero attached hydrogens (tertiary/aromatic N) is 1. The summed E-state index contributed by atoms with van der Waals surface area (Å²) in [5.41, 5.74) is 1.14. The minimum atomic E-state index is -0.286. The second kappa shape index (κ2) is 6.97. The summed E-state index contributed by atoms with van der Waals surface area (Å²) >= 11 is 1.32. The number of rotatable bonds is 6. The average Bonchev–Trinajstić information content (AvgIpc) is 3.17. The first-order chi connectivity index (χ1) is 11.6. The lowest BCUT2D eigenvalue weighted by Crippen LogP contribution is -2.26. The first-order valence-electron chi connectivity index (χ1n) is 7.57. The molecule has 2 aromatic rings. The lowest BCUT2D eigenvalue weighted by Gasteiger charge is -2.07. The molecule has 3 rings (SSSR count). The van der Waals surface area contributed by atoms with Gasteiger partial charge in [0.05, 0.1) is 29.1 Å². The maximum absolute atomic E-state index is 12.5. The Morgan fingerprint density at radius 1 is 1.12 bits per heavy atom. The van der Waals surface area contributed by atoms with Crippen LogP contribution < -0.4 is 4.74 Å². The Morgan fingerprint density at radius 2 is 1.88 bits per heavy atom. The summed E-state index contributed by atoms with van der Waals surface area (Å²) in [5, 5.41) is 0. The van der Waals surface area contributed by atoms with Crippen molar-refractivity contribution in [1.82, 2.24) is 4.90 Å². The number of hydrogen-bond acceptors (Lipinski definition) is 5. The van der Waals surface area contributed by atoms with Crippen LogP contribution in [0, 0.1) is 0 Å². The van der Waals surface area contributed by atoms with E-state index in [-0.39, 0.29) is 11.8 Å². The second-order valence-electron chi connectivity index (χ2n) is 5.20. The summed E-state index contributed by atoms with van der Waals surface area (Å²) < 4.78 is 10.7. The summed E-state index contributed by atoms with van der Waals surface area (Å²) in [6, 6.07) is 10.9. The van der Waals surface area contributed by atoms with Crippen molar-refractivity contribution in [3.8, 4) is 5.75 Å². The Morgan fingerprint density at radius 3 is 2.50 bits per heavy atom. The maximum atomic E-state index is 12.5. The zero-order valence-corrected chi connectivity index (χ0v) is 14.3. The van der Waals surface area contributed by atoms with Crippen molar-refractivity contribution >= 4 is 29.1 Å². The van der Waals surface area contributed by atoms with E-state index >= 15 is 0 Å². The Kier molecular flexibility index (Phi) is 4.76. The Hall–Kier alpha value is -2.47. The molecule has 0 unspecified atom stereocenters. The van der Waals surface area contributed by atoms with Gasteiger partial charge in [0, 0.05) is 7.05 Å². The number of furan rings is 1. The van der Waals surface area contributed by atoms with Crippen molar-refractivity contribution in [2.24, 2.45) is 0 Å². The molecule has 0 aliphatic carbocycles. The van der Waals surface area contributed by atoms with Gasteiger partial charge in [0.1, 0.15) is 11.5 Å². The van der Waals surface area contributed by atoms with E-state index in [1.54, 1.807) is 36.6 Å². The van der Waals surface area contributed by atoms with Gasteiger partial charge < -0.3 is 9.15 Å². The summed E-state index contributed by atoms with van der Waals surface area (Å²) in [6.45, 7) is 2.49. The quantitative estimate of drug-likeness (QED) is 0.753. The number of thioether (sulfide) groups is 1. The van der Waals surface area contributed by atoms with E-state index in [0.29, 0.717) is 28.4 Å². The number of amides is 2. The van der Waals surface area contributed by atoms with Crippen molar-refractivity contribution in [2.45, 2.75) is 12.7 Å². The van der Waals surface area contributed by atoms with Crippen molar-refractivity contribution in [1.29, 1.82) is 0 Å². The van der Waals surface area contributed by atoms with Crippen molar-refractivity contribution in [2.75, 3.05) is 13.7 Å². The fourth-order valence-corrected chi connectivity index (χ4v) is 3.49. The van der Waals surface area contributed by atoms with Crippen molar-refractivity contribution in [3.63, 3.8) is 0 Å². The predicted octanol–water partition coefficient (Wildman–Crippen LogP) is 3.32. The molecule has 2 heterocycles. The van der Waals surface area contributed by atoms with Gasteiger partial charge in [-0.2, -0.15) is 0 Å². The van der Waals surface area contributed by atoms with Gasteiger partial charge in [-0.3, -0.25) is 14.5 Å². The van der Waals surface area contributed by atoms with E-state index in [1.165, 1.54) is 18.8 Å². The minimum absolute atomic E-state index is 0.277.